The average molecular weight is 195 g/mol. The molecule has 1 nitrogen and oxygen atoms in total. The molecule has 0 radical (unpaired) electrons. The van der Waals surface area contributed by atoms with Crippen LogP contribution in [-0.4, -0.2) is 25.5 Å². The monoisotopic (exact) mass is 195 g/mol. The average Bonchev–Trinajstić information content (AvgIpc) is 2.00. The first-order chi connectivity index (χ1) is 6.49. The van der Waals surface area contributed by atoms with Crippen molar-refractivity contribution < 1.29 is 4.39 Å². The minimum absolute atomic E-state index is 0.134. The summed E-state index contributed by atoms with van der Waals surface area (Å²) < 4.78 is 13.1. The van der Waals surface area contributed by atoms with Crippen molar-refractivity contribution in [2.45, 2.75) is 19.8 Å². The zero-order valence-electron chi connectivity index (χ0n) is 9.34. The molecule has 0 N–H and O–H groups in total. The summed E-state index contributed by atoms with van der Waals surface area (Å²) in [4.78, 5) is 2.12. The van der Waals surface area contributed by atoms with Crippen LogP contribution < -0.4 is 0 Å². The fraction of sp³-hybridized carbons (Fsp3) is 0.500. The molecule has 0 heterocycles. The molecule has 0 aromatic heterocycles. The SMILES string of the molecule is Cc1cc(F)cc(C(C)CN(C)C)c1. The van der Waals surface area contributed by atoms with E-state index in [1.54, 1.807) is 12.1 Å². The summed E-state index contributed by atoms with van der Waals surface area (Å²) >= 11 is 0. The standard InChI is InChI=1S/C12H18FN/c1-9-5-11(7-12(13)6-9)10(2)8-14(3)4/h5-7,10H,8H2,1-4H3. The number of hydrogen-bond acceptors (Lipinski definition) is 1. The molecule has 0 amide bonds. The Balaban J connectivity index is 2.84. The molecule has 0 spiro atoms. The van der Waals surface area contributed by atoms with Crippen LogP contribution in [0.4, 0.5) is 4.39 Å². The van der Waals surface area contributed by atoms with Crippen LogP contribution >= 0.6 is 0 Å². The van der Waals surface area contributed by atoms with E-state index < -0.39 is 0 Å². The molecule has 1 atom stereocenters. The van der Waals surface area contributed by atoms with Gasteiger partial charge in [0.15, 0.2) is 0 Å². The van der Waals surface area contributed by atoms with Crippen LogP contribution in [-0.2, 0) is 0 Å². The number of aryl methyl sites for hydroxylation is 1. The van der Waals surface area contributed by atoms with Gasteiger partial charge < -0.3 is 4.90 Å². The van der Waals surface area contributed by atoms with Crippen LogP contribution in [0.2, 0.25) is 0 Å². The second-order valence-corrected chi connectivity index (χ2v) is 4.23. The van der Waals surface area contributed by atoms with E-state index in [4.69, 9.17) is 0 Å². The molecule has 0 aliphatic carbocycles. The first kappa shape index (κ1) is 11.2. The van der Waals surface area contributed by atoms with E-state index in [1.807, 2.05) is 21.0 Å². The maximum absolute atomic E-state index is 13.1. The Morgan fingerprint density at radius 2 is 1.93 bits per heavy atom. The zero-order valence-corrected chi connectivity index (χ0v) is 9.34. The van der Waals surface area contributed by atoms with Gasteiger partial charge in [-0.3, -0.25) is 0 Å². The molecular weight excluding hydrogens is 177 g/mol. The molecule has 1 aromatic carbocycles. The fourth-order valence-corrected chi connectivity index (χ4v) is 1.70. The van der Waals surface area contributed by atoms with Gasteiger partial charge in [0.2, 0.25) is 0 Å². The third kappa shape index (κ3) is 3.11. The number of benzene rings is 1. The molecule has 0 saturated carbocycles. The van der Waals surface area contributed by atoms with Gasteiger partial charge in [-0.15, -0.1) is 0 Å². The molecule has 14 heavy (non-hydrogen) atoms. The molecule has 0 aliphatic rings. The van der Waals surface area contributed by atoms with Crippen LogP contribution in [0.1, 0.15) is 24.0 Å². The summed E-state index contributed by atoms with van der Waals surface area (Å²) in [6, 6.07) is 5.24. The summed E-state index contributed by atoms with van der Waals surface area (Å²) in [6.45, 7) is 4.99. The maximum Gasteiger partial charge on any atom is 0.123 e. The van der Waals surface area contributed by atoms with Crippen molar-refractivity contribution in [3.8, 4) is 0 Å². The highest BCUT2D eigenvalue weighted by Crippen LogP contribution is 2.18. The Kier molecular flexibility index (Phi) is 3.64. The quantitative estimate of drug-likeness (QED) is 0.717. The third-order valence-electron chi connectivity index (χ3n) is 2.27. The van der Waals surface area contributed by atoms with Gasteiger partial charge in [0.1, 0.15) is 5.82 Å². The lowest BCUT2D eigenvalue weighted by Crippen LogP contribution is -2.18. The van der Waals surface area contributed by atoms with Crippen molar-refractivity contribution in [3.63, 3.8) is 0 Å². The first-order valence-corrected chi connectivity index (χ1v) is 4.91. The van der Waals surface area contributed by atoms with Crippen LogP contribution in [0.5, 0.6) is 0 Å². The predicted molar refractivity (Wildman–Crippen MR) is 58.1 cm³/mol. The van der Waals surface area contributed by atoms with Crippen LogP contribution in [0.3, 0.4) is 0 Å². The van der Waals surface area contributed by atoms with Crippen LogP contribution in [0.25, 0.3) is 0 Å². The van der Waals surface area contributed by atoms with E-state index in [0.717, 1.165) is 17.7 Å². The highest BCUT2D eigenvalue weighted by molar-refractivity contribution is 5.26. The summed E-state index contributed by atoms with van der Waals surface area (Å²) in [5.41, 5.74) is 2.07. The van der Waals surface area contributed by atoms with E-state index in [0.29, 0.717) is 5.92 Å². The topological polar surface area (TPSA) is 3.24 Å². The lowest BCUT2D eigenvalue weighted by molar-refractivity contribution is 0.382. The van der Waals surface area contributed by atoms with Crippen molar-refractivity contribution in [2.24, 2.45) is 0 Å². The molecule has 1 rings (SSSR count). The van der Waals surface area contributed by atoms with Gasteiger partial charge in [0.25, 0.3) is 0 Å². The van der Waals surface area contributed by atoms with E-state index >= 15 is 0 Å². The Morgan fingerprint density at radius 1 is 1.29 bits per heavy atom. The molecule has 78 valence electrons. The number of nitrogens with zero attached hydrogens (tertiary/aromatic N) is 1. The largest absolute Gasteiger partial charge is 0.309 e. The van der Waals surface area contributed by atoms with Crippen molar-refractivity contribution in [1.82, 2.24) is 4.90 Å². The van der Waals surface area contributed by atoms with E-state index in [-0.39, 0.29) is 5.82 Å². The second-order valence-electron chi connectivity index (χ2n) is 4.23. The second kappa shape index (κ2) is 4.56. The molecule has 0 saturated heterocycles. The van der Waals surface area contributed by atoms with Gasteiger partial charge in [-0.05, 0) is 50.2 Å². The van der Waals surface area contributed by atoms with Crippen LogP contribution in [0.15, 0.2) is 18.2 Å². The minimum atomic E-state index is -0.134. The zero-order chi connectivity index (χ0) is 10.7. The summed E-state index contributed by atoms with van der Waals surface area (Å²) in [7, 11) is 4.06. The van der Waals surface area contributed by atoms with Crippen molar-refractivity contribution >= 4 is 0 Å². The Bertz CT molecular complexity index is 287. The van der Waals surface area contributed by atoms with Gasteiger partial charge in [0, 0.05) is 6.54 Å². The van der Waals surface area contributed by atoms with E-state index in [1.165, 1.54) is 0 Å². The fourth-order valence-electron chi connectivity index (χ4n) is 1.70. The first-order valence-electron chi connectivity index (χ1n) is 4.91. The smallest absolute Gasteiger partial charge is 0.123 e. The summed E-state index contributed by atoms with van der Waals surface area (Å²) in [6.07, 6.45) is 0. The maximum atomic E-state index is 13.1. The molecule has 1 aromatic rings. The normalized spacial score (nSPS) is 13.3. The molecule has 2 heteroatoms. The Hall–Kier alpha value is -0.890. The van der Waals surface area contributed by atoms with E-state index in [2.05, 4.69) is 17.9 Å². The summed E-state index contributed by atoms with van der Waals surface area (Å²) in [5.74, 6) is 0.241. The molecule has 0 fully saturated rings. The van der Waals surface area contributed by atoms with E-state index in [9.17, 15) is 4.39 Å². The number of rotatable bonds is 3. The minimum Gasteiger partial charge on any atom is -0.309 e. The highest BCUT2D eigenvalue weighted by Gasteiger charge is 2.08. The van der Waals surface area contributed by atoms with Crippen molar-refractivity contribution in [1.29, 1.82) is 0 Å². The van der Waals surface area contributed by atoms with Gasteiger partial charge in [-0.25, -0.2) is 4.39 Å². The number of likely N-dealkylation sites (N-methyl/N-ethyl adjacent to an activating group) is 1. The lowest BCUT2D eigenvalue weighted by Gasteiger charge is -2.17. The Labute approximate surface area is 85.5 Å². The molecular formula is C12H18FN. The lowest BCUT2D eigenvalue weighted by atomic mass is 9.99. The van der Waals surface area contributed by atoms with Crippen LogP contribution in [0, 0.1) is 12.7 Å². The number of hydrogen-bond donors (Lipinski definition) is 0. The van der Waals surface area contributed by atoms with Gasteiger partial charge in [-0.2, -0.15) is 0 Å². The van der Waals surface area contributed by atoms with Gasteiger partial charge >= 0.3 is 0 Å². The Morgan fingerprint density at radius 3 is 2.43 bits per heavy atom. The van der Waals surface area contributed by atoms with Gasteiger partial charge in [-0.1, -0.05) is 13.0 Å². The van der Waals surface area contributed by atoms with Crippen molar-refractivity contribution in [2.75, 3.05) is 20.6 Å². The summed E-state index contributed by atoms with van der Waals surface area (Å²) in [5, 5.41) is 0. The predicted octanol–water partition coefficient (Wildman–Crippen LogP) is 2.80. The molecule has 0 aliphatic heterocycles. The van der Waals surface area contributed by atoms with Crippen molar-refractivity contribution in [3.05, 3.63) is 35.1 Å². The molecule has 1 unspecified atom stereocenters. The third-order valence-corrected chi connectivity index (χ3v) is 2.27. The highest BCUT2D eigenvalue weighted by atomic mass is 19.1. The van der Waals surface area contributed by atoms with Gasteiger partial charge in [0.05, 0.1) is 0 Å². The number of halogens is 1. The molecule has 0 bridgehead atoms.